The SMILES string of the molecule is CC(C)(C)c1nsc(N2Cc3ccc(C(=O)O)cc3C2)n1. The lowest BCUT2D eigenvalue weighted by Gasteiger charge is -2.14. The topological polar surface area (TPSA) is 66.3 Å². The van der Waals surface area contributed by atoms with Gasteiger partial charge in [-0.3, -0.25) is 0 Å². The average molecular weight is 303 g/mol. The second kappa shape index (κ2) is 4.80. The van der Waals surface area contributed by atoms with E-state index in [4.69, 9.17) is 5.11 Å². The quantitative estimate of drug-likeness (QED) is 0.923. The zero-order chi connectivity index (χ0) is 15.2. The van der Waals surface area contributed by atoms with Crippen LogP contribution in [0, 0.1) is 0 Å². The summed E-state index contributed by atoms with van der Waals surface area (Å²) in [4.78, 5) is 17.8. The molecule has 0 aliphatic carbocycles. The van der Waals surface area contributed by atoms with Crippen molar-refractivity contribution in [1.82, 2.24) is 9.36 Å². The lowest BCUT2D eigenvalue weighted by Crippen LogP contribution is -2.16. The van der Waals surface area contributed by atoms with Gasteiger partial charge in [-0.15, -0.1) is 0 Å². The number of carboxylic acids is 1. The monoisotopic (exact) mass is 303 g/mol. The molecule has 6 heteroatoms. The molecule has 110 valence electrons. The van der Waals surface area contributed by atoms with E-state index in [0.717, 1.165) is 28.6 Å². The van der Waals surface area contributed by atoms with E-state index in [0.29, 0.717) is 12.1 Å². The van der Waals surface area contributed by atoms with E-state index in [1.165, 1.54) is 11.5 Å². The molecule has 0 spiro atoms. The van der Waals surface area contributed by atoms with Gasteiger partial charge in [0.1, 0.15) is 5.82 Å². The third kappa shape index (κ3) is 2.63. The summed E-state index contributed by atoms with van der Waals surface area (Å²) in [5.41, 5.74) is 2.50. The van der Waals surface area contributed by atoms with Crippen LogP contribution in [0.2, 0.25) is 0 Å². The van der Waals surface area contributed by atoms with Crippen LogP contribution >= 0.6 is 11.5 Å². The number of fused-ring (bicyclic) bond motifs is 1. The molecule has 0 atom stereocenters. The van der Waals surface area contributed by atoms with Crippen molar-refractivity contribution in [3.8, 4) is 0 Å². The van der Waals surface area contributed by atoms with Crippen molar-refractivity contribution in [3.05, 3.63) is 40.7 Å². The van der Waals surface area contributed by atoms with Crippen LogP contribution in [-0.4, -0.2) is 20.4 Å². The van der Waals surface area contributed by atoms with Crippen LogP contribution in [0.3, 0.4) is 0 Å². The normalized spacial score (nSPS) is 14.3. The molecule has 1 N–H and O–H groups in total. The summed E-state index contributed by atoms with van der Waals surface area (Å²) >= 11 is 1.40. The Hall–Kier alpha value is -1.95. The molecule has 1 aliphatic heterocycles. The van der Waals surface area contributed by atoms with Gasteiger partial charge in [0, 0.05) is 30.0 Å². The number of benzene rings is 1. The summed E-state index contributed by atoms with van der Waals surface area (Å²) in [5.74, 6) is -0.0353. The smallest absolute Gasteiger partial charge is 0.335 e. The predicted octanol–water partition coefficient (Wildman–Crippen LogP) is 3.05. The van der Waals surface area contributed by atoms with Gasteiger partial charge in [0.15, 0.2) is 0 Å². The van der Waals surface area contributed by atoms with Gasteiger partial charge in [-0.2, -0.15) is 4.37 Å². The van der Waals surface area contributed by atoms with Crippen molar-refractivity contribution in [3.63, 3.8) is 0 Å². The van der Waals surface area contributed by atoms with Crippen LogP contribution < -0.4 is 4.90 Å². The van der Waals surface area contributed by atoms with Crippen LogP contribution in [-0.2, 0) is 18.5 Å². The maximum absolute atomic E-state index is 11.0. The highest BCUT2D eigenvalue weighted by Crippen LogP contribution is 2.32. The molecule has 0 fully saturated rings. The van der Waals surface area contributed by atoms with Crippen LogP contribution in [0.25, 0.3) is 0 Å². The second-order valence-corrected chi connectivity index (χ2v) is 7.03. The first-order chi connectivity index (χ1) is 9.84. The van der Waals surface area contributed by atoms with Crippen LogP contribution in [0.15, 0.2) is 18.2 Å². The maximum Gasteiger partial charge on any atom is 0.335 e. The summed E-state index contributed by atoms with van der Waals surface area (Å²) in [5, 5.41) is 9.95. The standard InChI is InChI=1S/C15H17N3O2S/c1-15(2,3)13-16-14(21-17-13)18-7-10-5-4-9(12(19)20)6-11(10)8-18/h4-6H,7-8H2,1-3H3,(H,19,20). The molecule has 1 aliphatic rings. The van der Waals surface area contributed by atoms with E-state index >= 15 is 0 Å². The summed E-state index contributed by atoms with van der Waals surface area (Å²) < 4.78 is 4.44. The molecule has 0 bridgehead atoms. The van der Waals surface area contributed by atoms with Gasteiger partial charge in [0.2, 0.25) is 5.13 Å². The zero-order valence-electron chi connectivity index (χ0n) is 12.3. The fourth-order valence-electron chi connectivity index (χ4n) is 2.31. The first-order valence-corrected chi connectivity index (χ1v) is 7.56. The van der Waals surface area contributed by atoms with Gasteiger partial charge in [-0.25, -0.2) is 9.78 Å². The lowest BCUT2D eigenvalue weighted by atomic mass is 9.96. The Kier molecular flexibility index (Phi) is 3.20. The van der Waals surface area contributed by atoms with E-state index in [1.807, 2.05) is 6.07 Å². The fourth-order valence-corrected chi connectivity index (χ4v) is 3.17. The number of hydrogen-bond acceptors (Lipinski definition) is 5. The molecule has 0 saturated carbocycles. The minimum Gasteiger partial charge on any atom is -0.478 e. The van der Waals surface area contributed by atoms with E-state index < -0.39 is 5.97 Å². The Bertz CT molecular complexity index is 703. The number of nitrogens with zero attached hydrogens (tertiary/aromatic N) is 3. The highest BCUT2D eigenvalue weighted by molar-refractivity contribution is 7.09. The Balaban J connectivity index is 1.84. The molecule has 0 saturated heterocycles. The van der Waals surface area contributed by atoms with Crippen molar-refractivity contribution < 1.29 is 9.90 Å². The second-order valence-electron chi connectivity index (χ2n) is 6.30. The molecule has 0 radical (unpaired) electrons. The van der Waals surface area contributed by atoms with Crippen molar-refractivity contribution in [2.45, 2.75) is 39.3 Å². The lowest BCUT2D eigenvalue weighted by molar-refractivity contribution is 0.0697. The minimum atomic E-state index is -0.887. The van der Waals surface area contributed by atoms with Gasteiger partial charge in [-0.05, 0) is 23.3 Å². The number of aromatic nitrogens is 2. The molecule has 21 heavy (non-hydrogen) atoms. The van der Waals surface area contributed by atoms with E-state index in [9.17, 15) is 4.79 Å². The van der Waals surface area contributed by atoms with Crippen LogP contribution in [0.1, 0.15) is 48.1 Å². The van der Waals surface area contributed by atoms with Gasteiger partial charge < -0.3 is 10.0 Å². The third-order valence-electron chi connectivity index (χ3n) is 3.53. The van der Waals surface area contributed by atoms with E-state index in [1.54, 1.807) is 12.1 Å². The summed E-state index contributed by atoms with van der Waals surface area (Å²) in [6.45, 7) is 7.73. The number of hydrogen-bond donors (Lipinski definition) is 1. The highest BCUT2D eigenvalue weighted by atomic mass is 32.1. The van der Waals surface area contributed by atoms with Gasteiger partial charge in [0.25, 0.3) is 0 Å². The minimum absolute atomic E-state index is 0.0577. The predicted molar refractivity (Wildman–Crippen MR) is 81.9 cm³/mol. The van der Waals surface area contributed by atoms with Crippen molar-refractivity contribution in [1.29, 1.82) is 0 Å². The summed E-state index contributed by atoms with van der Waals surface area (Å²) in [7, 11) is 0. The largest absolute Gasteiger partial charge is 0.478 e. The average Bonchev–Trinajstić information content (AvgIpc) is 3.03. The molecular weight excluding hydrogens is 286 g/mol. The third-order valence-corrected chi connectivity index (χ3v) is 4.31. The number of carboxylic acid groups (broad SMARTS) is 1. The van der Waals surface area contributed by atoms with Crippen molar-refractivity contribution in [2.75, 3.05) is 4.90 Å². The zero-order valence-corrected chi connectivity index (χ0v) is 13.1. The molecule has 2 heterocycles. The Morgan fingerprint density at radius 3 is 2.62 bits per heavy atom. The Morgan fingerprint density at radius 2 is 2.00 bits per heavy atom. The highest BCUT2D eigenvalue weighted by Gasteiger charge is 2.26. The summed E-state index contributed by atoms with van der Waals surface area (Å²) in [6, 6.07) is 5.30. The molecule has 0 unspecified atom stereocenters. The molecular formula is C15H17N3O2S. The van der Waals surface area contributed by atoms with Crippen LogP contribution in [0.4, 0.5) is 5.13 Å². The van der Waals surface area contributed by atoms with E-state index in [2.05, 4.69) is 35.0 Å². The molecule has 0 amide bonds. The Morgan fingerprint density at radius 1 is 1.29 bits per heavy atom. The molecule has 5 nitrogen and oxygen atoms in total. The number of aromatic carboxylic acids is 1. The van der Waals surface area contributed by atoms with Gasteiger partial charge in [0.05, 0.1) is 5.56 Å². The summed E-state index contributed by atoms with van der Waals surface area (Å²) in [6.07, 6.45) is 0. The Labute approximate surface area is 127 Å². The van der Waals surface area contributed by atoms with Crippen molar-refractivity contribution in [2.24, 2.45) is 0 Å². The molecule has 2 aromatic rings. The first-order valence-electron chi connectivity index (χ1n) is 6.79. The molecule has 1 aromatic heterocycles. The maximum atomic E-state index is 11.0. The van der Waals surface area contributed by atoms with Gasteiger partial charge in [-0.1, -0.05) is 26.8 Å². The van der Waals surface area contributed by atoms with Gasteiger partial charge >= 0.3 is 5.97 Å². The number of carbonyl (C=O) groups is 1. The van der Waals surface area contributed by atoms with E-state index in [-0.39, 0.29) is 5.41 Å². The van der Waals surface area contributed by atoms with Crippen LogP contribution in [0.5, 0.6) is 0 Å². The number of rotatable bonds is 2. The molecule has 1 aromatic carbocycles. The number of anilines is 1. The fraction of sp³-hybridized carbons (Fsp3) is 0.400. The molecule has 3 rings (SSSR count). The first kappa shape index (κ1) is 14.0. The van der Waals surface area contributed by atoms with Crippen molar-refractivity contribution >= 4 is 22.6 Å².